The summed E-state index contributed by atoms with van der Waals surface area (Å²) in [4.78, 5) is 11.6. The molecule has 2 N–H and O–H groups in total. The Morgan fingerprint density at radius 1 is 1.24 bits per heavy atom. The molecule has 0 atom stereocenters. The minimum Gasteiger partial charge on any atom is -0.504 e. The zero-order valence-electron chi connectivity index (χ0n) is 11.3. The summed E-state index contributed by atoms with van der Waals surface area (Å²) in [6.45, 7) is 0.0655. The molecule has 0 fully saturated rings. The van der Waals surface area contributed by atoms with Crippen molar-refractivity contribution in [1.29, 1.82) is 0 Å². The minimum atomic E-state index is -0.579. The highest BCUT2D eigenvalue weighted by Crippen LogP contribution is 2.26. The summed E-state index contributed by atoms with van der Waals surface area (Å²) in [6.07, 6.45) is -0.579. The van der Waals surface area contributed by atoms with Crippen LogP contribution in [-0.4, -0.2) is 18.3 Å². The normalized spacial score (nSPS) is 10.0. The van der Waals surface area contributed by atoms with Gasteiger partial charge < -0.3 is 14.6 Å². The van der Waals surface area contributed by atoms with Crippen molar-refractivity contribution < 1.29 is 19.4 Å². The summed E-state index contributed by atoms with van der Waals surface area (Å²) in [5.74, 6) is 0.362. The summed E-state index contributed by atoms with van der Waals surface area (Å²) in [6, 6.07) is 11.4. The van der Waals surface area contributed by atoms with Crippen molar-refractivity contribution in [3.8, 4) is 11.5 Å². The first-order valence-corrected chi connectivity index (χ1v) is 6.51. The molecule has 5 nitrogen and oxygen atoms in total. The van der Waals surface area contributed by atoms with E-state index in [0.717, 1.165) is 0 Å². The monoisotopic (exact) mass is 307 g/mol. The molecular weight excluding hydrogens is 294 g/mol. The van der Waals surface area contributed by atoms with E-state index < -0.39 is 6.09 Å². The number of hydrogen-bond acceptors (Lipinski definition) is 4. The number of nitrogens with one attached hydrogen (secondary N) is 1. The first kappa shape index (κ1) is 15.0. The minimum absolute atomic E-state index is 0.0341. The molecule has 0 radical (unpaired) electrons. The van der Waals surface area contributed by atoms with Crippen LogP contribution in [0.3, 0.4) is 0 Å². The molecule has 2 aromatic rings. The van der Waals surface area contributed by atoms with E-state index in [0.29, 0.717) is 22.0 Å². The van der Waals surface area contributed by atoms with Crippen molar-refractivity contribution in [2.75, 3.05) is 12.4 Å². The van der Waals surface area contributed by atoms with Crippen LogP contribution in [0.25, 0.3) is 0 Å². The molecule has 0 saturated heterocycles. The maximum atomic E-state index is 11.6. The number of rotatable bonds is 4. The van der Waals surface area contributed by atoms with Crippen LogP contribution in [0.2, 0.25) is 5.02 Å². The standard InChI is InChI=1S/C15H14ClNO4/c1-20-14-8-10(2-7-13(14)18)9-21-15(19)17-12-5-3-11(16)4-6-12/h2-8,18H,9H2,1H3,(H,17,19). The highest BCUT2D eigenvalue weighted by molar-refractivity contribution is 6.30. The van der Waals surface area contributed by atoms with Crippen molar-refractivity contribution in [3.05, 3.63) is 53.1 Å². The second-order valence-corrected chi connectivity index (χ2v) is 4.65. The fourth-order valence-corrected chi connectivity index (χ4v) is 1.77. The zero-order chi connectivity index (χ0) is 15.2. The lowest BCUT2D eigenvalue weighted by atomic mass is 10.2. The predicted molar refractivity (Wildman–Crippen MR) is 79.9 cm³/mol. The third kappa shape index (κ3) is 4.29. The lowest BCUT2D eigenvalue weighted by molar-refractivity contribution is 0.155. The quantitative estimate of drug-likeness (QED) is 0.901. The Balaban J connectivity index is 1.90. The maximum absolute atomic E-state index is 11.6. The number of hydrogen-bond donors (Lipinski definition) is 2. The van der Waals surface area contributed by atoms with Crippen LogP contribution in [0.5, 0.6) is 11.5 Å². The third-order valence-corrected chi connectivity index (χ3v) is 2.96. The fraction of sp³-hybridized carbons (Fsp3) is 0.133. The van der Waals surface area contributed by atoms with Crippen LogP contribution in [-0.2, 0) is 11.3 Å². The third-order valence-electron chi connectivity index (χ3n) is 2.70. The summed E-state index contributed by atoms with van der Waals surface area (Å²) < 4.78 is 10.1. The Labute approximate surface area is 127 Å². The molecule has 2 rings (SSSR count). The van der Waals surface area contributed by atoms with E-state index >= 15 is 0 Å². The average Bonchev–Trinajstić information content (AvgIpc) is 2.49. The van der Waals surface area contributed by atoms with Crippen LogP contribution >= 0.6 is 11.6 Å². The van der Waals surface area contributed by atoms with Gasteiger partial charge in [-0.2, -0.15) is 0 Å². The highest BCUT2D eigenvalue weighted by atomic mass is 35.5. The maximum Gasteiger partial charge on any atom is 0.411 e. The van der Waals surface area contributed by atoms with Gasteiger partial charge in [0, 0.05) is 10.7 Å². The number of carbonyl (C=O) groups is 1. The zero-order valence-corrected chi connectivity index (χ0v) is 12.1. The number of anilines is 1. The van der Waals surface area contributed by atoms with Crippen LogP contribution in [0.1, 0.15) is 5.56 Å². The first-order chi connectivity index (χ1) is 10.1. The molecule has 2 aromatic carbocycles. The number of amides is 1. The largest absolute Gasteiger partial charge is 0.504 e. The number of phenolic OH excluding ortho intramolecular Hbond substituents is 1. The lowest BCUT2D eigenvalue weighted by Crippen LogP contribution is -2.13. The van der Waals surface area contributed by atoms with Crippen LogP contribution < -0.4 is 10.1 Å². The highest BCUT2D eigenvalue weighted by Gasteiger charge is 2.06. The van der Waals surface area contributed by atoms with E-state index in [4.69, 9.17) is 21.1 Å². The number of methoxy groups -OCH3 is 1. The smallest absolute Gasteiger partial charge is 0.411 e. The molecule has 0 unspecified atom stereocenters. The molecule has 0 aromatic heterocycles. The van der Waals surface area contributed by atoms with Gasteiger partial charge in [0.1, 0.15) is 6.61 Å². The van der Waals surface area contributed by atoms with Crippen LogP contribution in [0.4, 0.5) is 10.5 Å². The Kier molecular flexibility index (Phi) is 4.90. The molecule has 0 spiro atoms. The molecule has 0 aliphatic carbocycles. The van der Waals surface area contributed by atoms with Crippen molar-refractivity contribution in [2.45, 2.75) is 6.61 Å². The number of aromatic hydroxyl groups is 1. The summed E-state index contributed by atoms with van der Waals surface area (Å²) in [7, 11) is 1.45. The topological polar surface area (TPSA) is 67.8 Å². The molecule has 0 aliphatic rings. The molecule has 1 amide bonds. The molecule has 0 aliphatic heterocycles. The van der Waals surface area contributed by atoms with Gasteiger partial charge in [0.05, 0.1) is 7.11 Å². The summed E-state index contributed by atoms with van der Waals surface area (Å²) >= 11 is 5.75. The number of phenols is 1. The van der Waals surface area contributed by atoms with E-state index in [9.17, 15) is 9.90 Å². The van der Waals surface area contributed by atoms with Gasteiger partial charge in [-0.3, -0.25) is 5.32 Å². The molecule has 0 bridgehead atoms. The molecule has 0 heterocycles. The number of ether oxygens (including phenoxy) is 2. The van der Waals surface area contributed by atoms with Gasteiger partial charge >= 0.3 is 6.09 Å². The van der Waals surface area contributed by atoms with Crippen molar-refractivity contribution >= 4 is 23.4 Å². The van der Waals surface area contributed by atoms with E-state index in [1.54, 1.807) is 36.4 Å². The van der Waals surface area contributed by atoms with E-state index in [1.165, 1.54) is 13.2 Å². The first-order valence-electron chi connectivity index (χ1n) is 6.13. The van der Waals surface area contributed by atoms with Crippen LogP contribution in [0, 0.1) is 0 Å². The van der Waals surface area contributed by atoms with Crippen LogP contribution in [0.15, 0.2) is 42.5 Å². The van der Waals surface area contributed by atoms with Gasteiger partial charge in [0.25, 0.3) is 0 Å². The summed E-state index contributed by atoms with van der Waals surface area (Å²) in [5.41, 5.74) is 1.29. The van der Waals surface area contributed by atoms with Gasteiger partial charge in [-0.15, -0.1) is 0 Å². The van der Waals surface area contributed by atoms with E-state index in [1.807, 2.05) is 0 Å². The molecule has 110 valence electrons. The number of halogens is 1. The molecule has 21 heavy (non-hydrogen) atoms. The van der Waals surface area contributed by atoms with E-state index in [2.05, 4.69) is 5.32 Å². The van der Waals surface area contributed by atoms with Crippen molar-refractivity contribution in [3.63, 3.8) is 0 Å². The van der Waals surface area contributed by atoms with Gasteiger partial charge in [-0.05, 0) is 42.0 Å². The SMILES string of the molecule is COc1cc(COC(=O)Nc2ccc(Cl)cc2)ccc1O. The number of benzene rings is 2. The second-order valence-electron chi connectivity index (χ2n) is 4.21. The Morgan fingerprint density at radius 3 is 2.62 bits per heavy atom. The van der Waals surface area contributed by atoms with E-state index in [-0.39, 0.29) is 12.4 Å². The van der Waals surface area contributed by atoms with Gasteiger partial charge in [0.2, 0.25) is 0 Å². The van der Waals surface area contributed by atoms with Gasteiger partial charge in [0.15, 0.2) is 11.5 Å². The molecule has 6 heteroatoms. The average molecular weight is 308 g/mol. The Morgan fingerprint density at radius 2 is 1.95 bits per heavy atom. The Bertz CT molecular complexity index is 628. The van der Waals surface area contributed by atoms with Crippen molar-refractivity contribution in [1.82, 2.24) is 0 Å². The number of carbonyl (C=O) groups excluding carboxylic acids is 1. The predicted octanol–water partition coefficient (Wildman–Crippen LogP) is 3.80. The van der Waals surface area contributed by atoms with Crippen molar-refractivity contribution in [2.24, 2.45) is 0 Å². The van der Waals surface area contributed by atoms with Gasteiger partial charge in [-0.1, -0.05) is 17.7 Å². The lowest BCUT2D eigenvalue weighted by Gasteiger charge is -2.09. The summed E-state index contributed by atoms with van der Waals surface area (Å²) in [5, 5.41) is 12.6. The fourth-order valence-electron chi connectivity index (χ4n) is 1.65. The van der Waals surface area contributed by atoms with Gasteiger partial charge in [-0.25, -0.2) is 4.79 Å². The second kappa shape index (κ2) is 6.85. The Hall–Kier alpha value is -2.40. The molecule has 0 saturated carbocycles. The molecular formula is C15H14ClNO4.